The van der Waals surface area contributed by atoms with Crippen LogP contribution in [0.2, 0.25) is 0 Å². The third-order valence-electron chi connectivity index (χ3n) is 4.68. The van der Waals surface area contributed by atoms with Crippen molar-refractivity contribution < 1.29 is 17.9 Å². The molecule has 0 unspecified atom stereocenters. The number of aromatic nitrogens is 2. The van der Waals surface area contributed by atoms with Crippen molar-refractivity contribution in [1.82, 2.24) is 14.5 Å². The predicted molar refractivity (Wildman–Crippen MR) is 117 cm³/mol. The Morgan fingerprint density at radius 3 is 2.53 bits per heavy atom. The minimum atomic E-state index is -3.68. The molecule has 0 saturated carbocycles. The van der Waals surface area contributed by atoms with Gasteiger partial charge in [0.1, 0.15) is 0 Å². The maximum absolute atomic E-state index is 13.1. The maximum atomic E-state index is 13.1. The van der Waals surface area contributed by atoms with Gasteiger partial charge in [-0.1, -0.05) is 49.8 Å². The SMILES string of the molecule is C=CCN(Cc1cnc(S(=O)(=O)Cc2ccc(C)cc2)n1CCOC)C(=O)C(C)C. The first-order chi connectivity index (χ1) is 14.2. The van der Waals surface area contributed by atoms with Gasteiger partial charge in [0.25, 0.3) is 0 Å². The molecule has 0 spiro atoms. The first-order valence-electron chi connectivity index (χ1n) is 9.91. The van der Waals surface area contributed by atoms with E-state index in [1.165, 1.54) is 6.20 Å². The van der Waals surface area contributed by atoms with E-state index in [4.69, 9.17) is 4.74 Å². The zero-order valence-corrected chi connectivity index (χ0v) is 19.0. The lowest BCUT2D eigenvalue weighted by molar-refractivity contribution is -0.134. The second kappa shape index (κ2) is 10.5. The van der Waals surface area contributed by atoms with Crippen molar-refractivity contribution in [2.45, 2.75) is 44.8 Å². The van der Waals surface area contributed by atoms with Gasteiger partial charge in [-0.2, -0.15) is 0 Å². The number of rotatable bonds is 11. The van der Waals surface area contributed by atoms with Gasteiger partial charge in [0, 0.05) is 26.1 Å². The van der Waals surface area contributed by atoms with Crippen molar-refractivity contribution >= 4 is 15.7 Å². The fraction of sp³-hybridized carbons (Fsp3) is 0.455. The highest BCUT2D eigenvalue weighted by Crippen LogP contribution is 2.20. The second-order valence-electron chi connectivity index (χ2n) is 7.58. The molecular weight excluding hydrogens is 402 g/mol. The normalized spacial score (nSPS) is 11.6. The van der Waals surface area contributed by atoms with Crippen LogP contribution >= 0.6 is 0 Å². The molecule has 0 aliphatic heterocycles. The lowest BCUT2D eigenvalue weighted by Crippen LogP contribution is -2.34. The largest absolute Gasteiger partial charge is 0.383 e. The van der Waals surface area contributed by atoms with Crippen LogP contribution in [0.3, 0.4) is 0 Å². The van der Waals surface area contributed by atoms with E-state index in [2.05, 4.69) is 11.6 Å². The quantitative estimate of drug-likeness (QED) is 0.509. The summed E-state index contributed by atoms with van der Waals surface area (Å²) in [6, 6.07) is 7.39. The number of methoxy groups -OCH3 is 1. The van der Waals surface area contributed by atoms with E-state index in [1.807, 2.05) is 45.0 Å². The van der Waals surface area contributed by atoms with E-state index in [0.717, 1.165) is 5.56 Å². The second-order valence-corrected chi connectivity index (χ2v) is 9.47. The molecule has 30 heavy (non-hydrogen) atoms. The summed E-state index contributed by atoms with van der Waals surface area (Å²) in [5.74, 6) is -0.346. The number of hydrogen-bond donors (Lipinski definition) is 0. The number of carbonyl (C=O) groups excluding carboxylic acids is 1. The number of imidazole rings is 1. The Morgan fingerprint density at radius 2 is 1.97 bits per heavy atom. The van der Waals surface area contributed by atoms with Crippen LogP contribution in [0.1, 0.15) is 30.7 Å². The van der Waals surface area contributed by atoms with Crippen LogP contribution < -0.4 is 0 Å². The van der Waals surface area contributed by atoms with E-state index in [1.54, 1.807) is 22.7 Å². The van der Waals surface area contributed by atoms with Gasteiger partial charge in [0.05, 0.1) is 30.8 Å². The van der Waals surface area contributed by atoms with Crippen LogP contribution in [0.15, 0.2) is 48.3 Å². The predicted octanol–water partition coefficient (Wildman–Crippen LogP) is 2.98. The van der Waals surface area contributed by atoms with E-state index in [0.29, 0.717) is 31.0 Å². The Morgan fingerprint density at radius 1 is 1.30 bits per heavy atom. The molecule has 8 heteroatoms. The molecule has 2 rings (SSSR count). The number of hydrogen-bond acceptors (Lipinski definition) is 5. The van der Waals surface area contributed by atoms with Crippen molar-refractivity contribution in [2.24, 2.45) is 5.92 Å². The molecule has 2 aromatic rings. The van der Waals surface area contributed by atoms with E-state index >= 15 is 0 Å². The Kier molecular flexibility index (Phi) is 8.37. The summed E-state index contributed by atoms with van der Waals surface area (Å²) in [5, 5.41) is -0.00864. The third-order valence-corrected chi connectivity index (χ3v) is 6.28. The minimum absolute atomic E-state index is 0.00864. The standard InChI is InChI=1S/C22H31N3O4S/c1-6-11-24(21(26)17(2)3)15-20-14-23-22(25(20)12-13-29-5)30(27,28)16-19-9-7-18(4)8-10-19/h6-10,14,17H,1,11-13,15-16H2,2-5H3. The summed E-state index contributed by atoms with van der Waals surface area (Å²) < 4.78 is 33.0. The first kappa shape index (κ1) is 23.8. The van der Waals surface area contributed by atoms with Crippen LogP contribution in [-0.2, 0) is 38.2 Å². The maximum Gasteiger partial charge on any atom is 0.228 e. The molecule has 0 aliphatic rings. The number of benzene rings is 1. The Bertz CT molecular complexity index is 963. The van der Waals surface area contributed by atoms with Crippen LogP contribution in [0, 0.1) is 12.8 Å². The molecule has 1 amide bonds. The topological polar surface area (TPSA) is 81.5 Å². The van der Waals surface area contributed by atoms with E-state index in [-0.39, 0.29) is 29.3 Å². The molecule has 0 N–H and O–H groups in total. The summed E-state index contributed by atoms with van der Waals surface area (Å²) in [6.07, 6.45) is 3.19. The van der Waals surface area contributed by atoms with Crippen molar-refractivity contribution in [3.05, 3.63) is 59.9 Å². The number of sulfone groups is 1. The summed E-state index contributed by atoms with van der Waals surface area (Å²) in [4.78, 5) is 18.4. The van der Waals surface area contributed by atoms with Gasteiger partial charge >= 0.3 is 0 Å². The van der Waals surface area contributed by atoms with Crippen molar-refractivity contribution in [3.8, 4) is 0 Å². The smallest absolute Gasteiger partial charge is 0.228 e. The lowest BCUT2D eigenvalue weighted by atomic mass is 10.2. The van der Waals surface area contributed by atoms with Crippen molar-refractivity contribution in [3.63, 3.8) is 0 Å². The molecule has 0 atom stereocenters. The molecule has 0 fully saturated rings. The average molecular weight is 434 g/mol. The Balaban J connectivity index is 2.38. The Hall–Kier alpha value is -2.45. The summed E-state index contributed by atoms with van der Waals surface area (Å²) in [5.41, 5.74) is 2.41. The fourth-order valence-corrected chi connectivity index (χ4v) is 4.62. The van der Waals surface area contributed by atoms with E-state index < -0.39 is 9.84 Å². The summed E-state index contributed by atoms with van der Waals surface area (Å²) >= 11 is 0. The number of carbonyl (C=O) groups is 1. The Labute approximate surface area is 179 Å². The first-order valence-corrected chi connectivity index (χ1v) is 11.6. The van der Waals surface area contributed by atoms with Gasteiger partial charge in [-0.3, -0.25) is 4.79 Å². The monoisotopic (exact) mass is 433 g/mol. The van der Waals surface area contributed by atoms with Crippen LogP contribution in [0.4, 0.5) is 0 Å². The molecule has 1 aromatic heterocycles. The van der Waals surface area contributed by atoms with Gasteiger partial charge in [-0.05, 0) is 12.5 Å². The molecular formula is C22H31N3O4S. The summed E-state index contributed by atoms with van der Waals surface area (Å²) in [7, 11) is -2.12. The van der Waals surface area contributed by atoms with Gasteiger partial charge in [-0.15, -0.1) is 6.58 Å². The number of amides is 1. The number of nitrogens with zero attached hydrogens (tertiary/aromatic N) is 3. The highest BCUT2D eigenvalue weighted by atomic mass is 32.2. The number of ether oxygens (including phenoxy) is 1. The minimum Gasteiger partial charge on any atom is -0.383 e. The molecule has 1 aromatic carbocycles. The zero-order chi connectivity index (χ0) is 22.3. The van der Waals surface area contributed by atoms with E-state index in [9.17, 15) is 13.2 Å². The van der Waals surface area contributed by atoms with Crippen LogP contribution in [0.25, 0.3) is 0 Å². The lowest BCUT2D eigenvalue weighted by Gasteiger charge is -2.24. The highest BCUT2D eigenvalue weighted by Gasteiger charge is 2.26. The van der Waals surface area contributed by atoms with Crippen molar-refractivity contribution in [1.29, 1.82) is 0 Å². The van der Waals surface area contributed by atoms with Gasteiger partial charge in [0.2, 0.25) is 20.9 Å². The summed E-state index contributed by atoms with van der Waals surface area (Å²) in [6.45, 7) is 10.6. The molecule has 164 valence electrons. The average Bonchev–Trinajstić information content (AvgIpc) is 3.10. The van der Waals surface area contributed by atoms with Crippen molar-refractivity contribution in [2.75, 3.05) is 20.3 Å². The van der Waals surface area contributed by atoms with Gasteiger partial charge < -0.3 is 14.2 Å². The molecule has 0 aliphatic carbocycles. The van der Waals surface area contributed by atoms with Gasteiger partial charge in [-0.25, -0.2) is 13.4 Å². The zero-order valence-electron chi connectivity index (χ0n) is 18.2. The van der Waals surface area contributed by atoms with Crippen LogP contribution in [-0.4, -0.2) is 49.0 Å². The fourth-order valence-electron chi connectivity index (χ4n) is 3.11. The third kappa shape index (κ3) is 6.03. The van der Waals surface area contributed by atoms with Gasteiger partial charge in [0.15, 0.2) is 0 Å². The number of aryl methyl sites for hydroxylation is 1. The molecule has 0 bridgehead atoms. The molecule has 0 radical (unpaired) electrons. The molecule has 7 nitrogen and oxygen atoms in total. The highest BCUT2D eigenvalue weighted by molar-refractivity contribution is 7.90. The molecule has 1 heterocycles. The molecule has 0 saturated heterocycles. The van der Waals surface area contributed by atoms with Crippen LogP contribution in [0.5, 0.6) is 0 Å².